The van der Waals surface area contributed by atoms with Crippen molar-refractivity contribution in [1.29, 1.82) is 0 Å². The number of hydrogen-bond donors (Lipinski definition) is 7. The summed E-state index contributed by atoms with van der Waals surface area (Å²) in [4.78, 5) is 0. The van der Waals surface area contributed by atoms with Crippen molar-refractivity contribution >= 4 is 0 Å². The normalized spacial score (nSPS) is 59.0. The Morgan fingerprint density at radius 2 is 1.37 bits per heavy atom. The average molecular weight is 741 g/mol. The quantitative estimate of drug-likeness (QED) is 0.194. The largest absolute Gasteiger partial charge is 0.394 e. The molecule has 7 N–H and O–H groups in total. The van der Waals surface area contributed by atoms with E-state index in [1.807, 2.05) is 0 Å². The minimum atomic E-state index is -1.71. The molecule has 0 aromatic heterocycles. The van der Waals surface area contributed by atoms with Crippen LogP contribution in [0.1, 0.15) is 91.9 Å². The van der Waals surface area contributed by atoms with E-state index in [0.717, 1.165) is 45.1 Å². The minimum Gasteiger partial charge on any atom is -0.394 e. The Morgan fingerprint density at radius 1 is 0.673 bits per heavy atom. The van der Waals surface area contributed by atoms with Crippen LogP contribution >= 0.6 is 0 Å². The van der Waals surface area contributed by atoms with Crippen molar-refractivity contribution in [2.75, 3.05) is 19.8 Å². The average Bonchev–Trinajstić information content (AvgIpc) is 3.58. The van der Waals surface area contributed by atoms with Gasteiger partial charge < -0.3 is 64.2 Å². The third-order valence-corrected chi connectivity index (χ3v) is 16.2. The summed E-state index contributed by atoms with van der Waals surface area (Å²) >= 11 is 0. The second-order valence-corrected chi connectivity index (χ2v) is 18.7. The Kier molecular flexibility index (Phi) is 10.4. The van der Waals surface area contributed by atoms with Crippen LogP contribution in [-0.4, -0.2) is 135 Å². The first-order chi connectivity index (χ1) is 24.7. The van der Waals surface area contributed by atoms with Crippen molar-refractivity contribution in [3.63, 3.8) is 0 Å². The van der Waals surface area contributed by atoms with Gasteiger partial charge in [-0.15, -0.1) is 0 Å². The SMILES string of the molecule is C[C@H]1CC[C@@]2(OC1)OC1CC3C4CC[C@@H]5CC(O[C@@H]6O[C@H](CO)[C@@H](O)[C@H](O)[C@H]6O[C@@H]6O[C@H](CO)[C@@H](O)[C@H](O)[C@H]6O)CC[C@]5(C)C4CCC3(C)C1[C@@H]2C. The summed E-state index contributed by atoms with van der Waals surface area (Å²) in [6.45, 7) is 9.33. The van der Waals surface area contributed by atoms with E-state index in [1.54, 1.807) is 0 Å². The zero-order chi connectivity index (χ0) is 36.9. The first kappa shape index (κ1) is 38.4. The van der Waals surface area contributed by atoms with Crippen LogP contribution in [0.4, 0.5) is 0 Å². The topological polar surface area (TPSA) is 197 Å². The van der Waals surface area contributed by atoms with E-state index in [-0.39, 0.29) is 23.0 Å². The number of rotatable bonds is 6. The molecule has 298 valence electrons. The second-order valence-electron chi connectivity index (χ2n) is 18.7. The smallest absolute Gasteiger partial charge is 0.187 e. The monoisotopic (exact) mass is 740 g/mol. The lowest BCUT2D eigenvalue weighted by molar-refractivity contribution is -0.373. The van der Waals surface area contributed by atoms with E-state index >= 15 is 0 Å². The zero-order valence-electron chi connectivity index (χ0n) is 31.2. The molecular weight excluding hydrogens is 676 g/mol. The highest BCUT2D eigenvalue weighted by Crippen LogP contribution is 2.71. The highest BCUT2D eigenvalue weighted by atomic mass is 16.8. The second kappa shape index (κ2) is 14.1. The van der Waals surface area contributed by atoms with Crippen LogP contribution in [0.25, 0.3) is 0 Å². The molecule has 4 aliphatic heterocycles. The van der Waals surface area contributed by atoms with Gasteiger partial charge in [-0.05, 0) is 104 Å². The van der Waals surface area contributed by atoms with Crippen LogP contribution in [0.15, 0.2) is 0 Å². The third-order valence-electron chi connectivity index (χ3n) is 16.2. The molecule has 4 saturated carbocycles. The lowest BCUT2D eigenvalue weighted by Gasteiger charge is -2.61. The lowest BCUT2D eigenvalue weighted by Crippen LogP contribution is -2.65. The molecule has 4 aliphatic carbocycles. The van der Waals surface area contributed by atoms with E-state index in [2.05, 4.69) is 27.7 Å². The Balaban J connectivity index is 0.942. The molecule has 0 aromatic rings. The Hall–Kier alpha value is -0.520. The first-order valence-electron chi connectivity index (χ1n) is 20.3. The molecule has 52 heavy (non-hydrogen) atoms. The summed E-state index contributed by atoms with van der Waals surface area (Å²) in [6, 6.07) is 0. The highest BCUT2D eigenvalue weighted by Gasteiger charge is 2.69. The van der Waals surface area contributed by atoms with Crippen molar-refractivity contribution < 1.29 is 64.2 Å². The summed E-state index contributed by atoms with van der Waals surface area (Å²) in [5.41, 5.74) is 0.425. The van der Waals surface area contributed by atoms with Gasteiger partial charge in [0.15, 0.2) is 18.4 Å². The molecule has 4 heterocycles. The van der Waals surface area contributed by atoms with E-state index in [9.17, 15) is 35.7 Å². The third kappa shape index (κ3) is 5.98. The van der Waals surface area contributed by atoms with Crippen LogP contribution in [0.3, 0.4) is 0 Å². The molecule has 8 fully saturated rings. The van der Waals surface area contributed by atoms with E-state index < -0.39 is 80.4 Å². The maximum absolute atomic E-state index is 11.1. The molecule has 8 rings (SSSR count). The number of aliphatic hydroxyl groups is 7. The van der Waals surface area contributed by atoms with Gasteiger partial charge in [-0.2, -0.15) is 0 Å². The highest BCUT2D eigenvalue weighted by molar-refractivity contribution is 5.15. The van der Waals surface area contributed by atoms with Gasteiger partial charge in [-0.3, -0.25) is 0 Å². The van der Waals surface area contributed by atoms with Gasteiger partial charge in [0.25, 0.3) is 0 Å². The van der Waals surface area contributed by atoms with Crippen LogP contribution < -0.4 is 0 Å². The standard InChI is InChI=1S/C39H64O13/c1-18-7-12-39(47-17-18)19(2)28-25(52-39)14-24-22-6-5-20-13-21(8-10-37(20,3)23(22)9-11-38(24,28)4)48-36-34(32(45)30(43)27(16-41)50-36)51-35-33(46)31(44)29(42)26(15-40)49-35/h18-36,40-46H,5-17H2,1-4H3/t18-,19-,20+,21?,22?,23?,24?,25?,26+,27+,28?,29+,30+,31-,32-,33+,34+,35-,36+,37-,38?,39+/m0/s1. The number of aliphatic hydroxyl groups excluding tert-OH is 7. The van der Waals surface area contributed by atoms with Crippen LogP contribution in [0.2, 0.25) is 0 Å². The Labute approximate surface area is 307 Å². The molecule has 7 unspecified atom stereocenters. The molecular formula is C39H64O13. The summed E-state index contributed by atoms with van der Waals surface area (Å²) in [5.74, 6) is 3.51. The van der Waals surface area contributed by atoms with Crippen molar-refractivity contribution in [2.45, 2.75) is 171 Å². The molecule has 22 atom stereocenters. The summed E-state index contributed by atoms with van der Waals surface area (Å²) in [7, 11) is 0. The van der Waals surface area contributed by atoms with Gasteiger partial charge in [-0.25, -0.2) is 0 Å². The predicted molar refractivity (Wildman–Crippen MR) is 183 cm³/mol. The Morgan fingerprint density at radius 3 is 2.06 bits per heavy atom. The van der Waals surface area contributed by atoms with Gasteiger partial charge in [0.2, 0.25) is 0 Å². The van der Waals surface area contributed by atoms with Crippen molar-refractivity contribution in [2.24, 2.45) is 52.3 Å². The van der Waals surface area contributed by atoms with Gasteiger partial charge in [0, 0.05) is 12.3 Å². The summed E-state index contributed by atoms with van der Waals surface area (Å²) in [5, 5.41) is 72.7. The first-order valence-corrected chi connectivity index (χ1v) is 20.3. The molecule has 0 amide bonds. The molecule has 8 aliphatic rings. The number of fused-ring (bicyclic) bond motifs is 7. The molecule has 0 aromatic carbocycles. The van der Waals surface area contributed by atoms with E-state index in [4.69, 9.17) is 28.4 Å². The molecule has 13 heteroatoms. The number of ether oxygens (including phenoxy) is 6. The van der Waals surface area contributed by atoms with Gasteiger partial charge in [0.1, 0.15) is 48.8 Å². The minimum absolute atomic E-state index is 0.168. The lowest BCUT2D eigenvalue weighted by atomic mass is 9.44. The summed E-state index contributed by atoms with van der Waals surface area (Å²) in [6.07, 6.45) is -3.88. The van der Waals surface area contributed by atoms with Crippen LogP contribution in [-0.2, 0) is 28.4 Å². The fourth-order valence-corrected chi connectivity index (χ4v) is 13.2. The summed E-state index contributed by atoms with van der Waals surface area (Å²) < 4.78 is 37.5. The Bertz CT molecular complexity index is 1260. The molecule has 1 spiro atoms. The molecule has 0 bridgehead atoms. The number of hydrogen-bond acceptors (Lipinski definition) is 13. The zero-order valence-corrected chi connectivity index (χ0v) is 31.2. The van der Waals surface area contributed by atoms with Crippen LogP contribution in [0, 0.1) is 52.3 Å². The molecule has 0 radical (unpaired) electrons. The predicted octanol–water partition coefficient (Wildman–Crippen LogP) is 1.44. The van der Waals surface area contributed by atoms with E-state index in [0.29, 0.717) is 41.4 Å². The maximum Gasteiger partial charge on any atom is 0.187 e. The van der Waals surface area contributed by atoms with Crippen molar-refractivity contribution in [3.05, 3.63) is 0 Å². The molecule has 4 saturated heterocycles. The van der Waals surface area contributed by atoms with Crippen LogP contribution in [0.5, 0.6) is 0 Å². The maximum atomic E-state index is 11.1. The van der Waals surface area contributed by atoms with Crippen molar-refractivity contribution in [3.8, 4) is 0 Å². The van der Waals surface area contributed by atoms with E-state index in [1.165, 1.54) is 25.7 Å². The van der Waals surface area contributed by atoms with Crippen molar-refractivity contribution in [1.82, 2.24) is 0 Å². The van der Waals surface area contributed by atoms with Gasteiger partial charge in [0.05, 0.1) is 32.0 Å². The fraction of sp³-hybridized carbons (Fsp3) is 1.00. The van der Waals surface area contributed by atoms with Gasteiger partial charge in [-0.1, -0.05) is 27.7 Å². The van der Waals surface area contributed by atoms with Gasteiger partial charge >= 0.3 is 0 Å². The fourth-order valence-electron chi connectivity index (χ4n) is 13.2. The molecule has 13 nitrogen and oxygen atoms in total.